The third-order valence-electron chi connectivity index (χ3n) is 4.54. The summed E-state index contributed by atoms with van der Waals surface area (Å²) in [6.45, 7) is 7.16. The Labute approximate surface area is 191 Å². The van der Waals surface area contributed by atoms with Crippen LogP contribution < -0.4 is 20.1 Å². The molecule has 6 heteroatoms. The number of hydrogen-bond donors (Lipinski definition) is 2. The topological polar surface area (TPSA) is 59.6 Å². The van der Waals surface area contributed by atoms with Crippen molar-refractivity contribution in [2.75, 3.05) is 17.2 Å². The Bertz CT molecular complexity index is 1040. The molecule has 0 aliphatic heterocycles. The quantitative estimate of drug-likeness (QED) is 0.375. The molecule has 0 bridgehead atoms. The van der Waals surface area contributed by atoms with Crippen LogP contribution in [0.15, 0.2) is 65.1 Å². The molecule has 0 aliphatic carbocycles. The standard InChI is InChI=1S/C25H27BrN2O3/c1-4-30-24-14-20(15-27-21-8-10-22(11-9-21)28-18(3)29)13-23(26)25(24)31-16-19-7-5-6-17(2)12-19/h5-14,27H,4,15-16H2,1-3H3,(H,28,29). The number of amides is 1. The van der Waals surface area contributed by atoms with Gasteiger partial charge in [-0.1, -0.05) is 29.8 Å². The van der Waals surface area contributed by atoms with E-state index in [1.165, 1.54) is 12.5 Å². The minimum atomic E-state index is -0.0845. The third-order valence-corrected chi connectivity index (χ3v) is 5.13. The van der Waals surface area contributed by atoms with E-state index in [0.717, 1.165) is 27.0 Å². The predicted octanol–water partition coefficient (Wildman–Crippen LogP) is 6.31. The van der Waals surface area contributed by atoms with Crippen molar-refractivity contribution in [2.24, 2.45) is 0 Å². The van der Waals surface area contributed by atoms with E-state index in [1.807, 2.05) is 49.4 Å². The number of aryl methyl sites for hydroxylation is 1. The smallest absolute Gasteiger partial charge is 0.221 e. The fourth-order valence-electron chi connectivity index (χ4n) is 3.16. The summed E-state index contributed by atoms with van der Waals surface area (Å²) in [5.41, 5.74) is 5.11. The first-order valence-corrected chi connectivity index (χ1v) is 11.0. The molecular formula is C25H27BrN2O3. The maximum absolute atomic E-state index is 11.1. The van der Waals surface area contributed by atoms with Gasteiger partial charge in [-0.15, -0.1) is 0 Å². The molecule has 0 radical (unpaired) electrons. The number of ether oxygens (including phenoxy) is 2. The molecule has 2 N–H and O–H groups in total. The van der Waals surface area contributed by atoms with Crippen LogP contribution in [-0.4, -0.2) is 12.5 Å². The van der Waals surface area contributed by atoms with Crippen LogP contribution in [0.5, 0.6) is 11.5 Å². The number of carbonyl (C=O) groups is 1. The van der Waals surface area contributed by atoms with Gasteiger partial charge >= 0.3 is 0 Å². The summed E-state index contributed by atoms with van der Waals surface area (Å²) in [5, 5.41) is 6.16. The number of benzene rings is 3. The van der Waals surface area contributed by atoms with Gasteiger partial charge in [0.25, 0.3) is 0 Å². The van der Waals surface area contributed by atoms with E-state index in [1.54, 1.807) is 0 Å². The highest BCUT2D eigenvalue weighted by Crippen LogP contribution is 2.37. The summed E-state index contributed by atoms with van der Waals surface area (Å²) in [4.78, 5) is 11.1. The summed E-state index contributed by atoms with van der Waals surface area (Å²) in [6, 6.07) is 19.9. The molecule has 1 amide bonds. The highest BCUT2D eigenvalue weighted by Gasteiger charge is 2.13. The molecule has 0 aliphatic rings. The molecule has 0 saturated heterocycles. The lowest BCUT2D eigenvalue weighted by Crippen LogP contribution is -2.06. The van der Waals surface area contributed by atoms with E-state index in [2.05, 4.69) is 51.7 Å². The van der Waals surface area contributed by atoms with Gasteiger partial charge in [-0.05, 0) is 77.3 Å². The molecule has 3 aromatic rings. The molecule has 3 rings (SSSR count). The Kier molecular flexibility index (Phi) is 7.95. The summed E-state index contributed by atoms with van der Waals surface area (Å²) >= 11 is 3.64. The summed E-state index contributed by atoms with van der Waals surface area (Å²) in [6.07, 6.45) is 0. The zero-order valence-electron chi connectivity index (χ0n) is 18.0. The fraction of sp³-hybridized carbons (Fsp3) is 0.240. The molecule has 31 heavy (non-hydrogen) atoms. The van der Waals surface area contributed by atoms with Gasteiger partial charge in [-0.25, -0.2) is 0 Å². The van der Waals surface area contributed by atoms with Crippen molar-refractivity contribution < 1.29 is 14.3 Å². The molecular weight excluding hydrogens is 456 g/mol. The normalized spacial score (nSPS) is 10.5. The number of rotatable bonds is 9. The molecule has 0 saturated carbocycles. The van der Waals surface area contributed by atoms with Crippen molar-refractivity contribution in [1.82, 2.24) is 0 Å². The van der Waals surface area contributed by atoms with E-state index >= 15 is 0 Å². The van der Waals surface area contributed by atoms with Crippen LogP contribution in [0.3, 0.4) is 0 Å². The van der Waals surface area contributed by atoms with Crippen LogP contribution in [0.1, 0.15) is 30.5 Å². The van der Waals surface area contributed by atoms with Crippen LogP contribution in [0.25, 0.3) is 0 Å². The van der Waals surface area contributed by atoms with Crippen molar-refractivity contribution >= 4 is 33.2 Å². The second kappa shape index (κ2) is 10.9. The van der Waals surface area contributed by atoms with Crippen LogP contribution in [0.4, 0.5) is 11.4 Å². The van der Waals surface area contributed by atoms with Crippen molar-refractivity contribution in [1.29, 1.82) is 0 Å². The number of halogens is 1. The van der Waals surface area contributed by atoms with Gasteiger partial charge in [0.05, 0.1) is 11.1 Å². The summed E-state index contributed by atoms with van der Waals surface area (Å²) in [7, 11) is 0. The van der Waals surface area contributed by atoms with Gasteiger partial charge in [0, 0.05) is 24.8 Å². The van der Waals surface area contributed by atoms with E-state index < -0.39 is 0 Å². The molecule has 0 atom stereocenters. The third kappa shape index (κ3) is 6.76. The first-order valence-electron chi connectivity index (χ1n) is 10.2. The molecule has 0 aromatic heterocycles. The first-order chi connectivity index (χ1) is 14.9. The van der Waals surface area contributed by atoms with Crippen LogP contribution in [0.2, 0.25) is 0 Å². The Morgan fingerprint density at radius 2 is 1.71 bits per heavy atom. The monoisotopic (exact) mass is 482 g/mol. The zero-order valence-corrected chi connectivity index (χ0v) is 19.6. The summed E-state index contributed by atoms with van der Waals surface area (Å²) in [5.74, 6) is 1.33. The highest BCUT2D eigenvalue weighted by atomic mass is 79.9. The van der Waals surface area contributed by atoms with Gasteiger partial charge in [0.2, 0.25) is 5.91 Å². The highest BCUT2D eigenvalue weighted by molar-refractivity contribution is 9.10. The lowest BCUT2D eigenvalue weighted by molar-refractivity contribution is -0.114. The molecule has 5 nitrogen and oxygen atoms in total. The Morgan fingerprint density at radius 1 is 0.968 bits per heavy atom. The Morgan fingerprint density at radius 3 is 2.39 bits per heavy atom. The maximum Gasteiger partial charge on any atom is 0.221 e. The number of hydrogen-bond acceptors (Lipinski definition) is 4. The predicted molar refractivity (Wildman–Crippen MR) is 129 cm³/mol. The minimum Gasteiger partial charge on any atom is -0.490 e. The van der Waals surface area contributed by atoms with Crippen molar-refractivity contribution in [2.45, 2.75) is 33.9 Å². The first kappa shape index (κ1) is 22.7. The molecule has 0 heterocycles. The lowest BCUT2D eigenvalue weighted by atomic mass is 10.1. The lowest BCUT2D eigenvalue weighted by Gasteiger charge is -2.16. The SMILES string of the molecule is CCOc1cc(CNc2ccc(NC(C)=O)cc2)cc(Br)c1OCc1cccc(C)c1. The van der Waals surface area contributed by atoms with E-state index in [9.17, 15) is 4.79 Å². The van der Waals surface area contributed by atoms with Crippen molar-refractivity contribution in [3.63, 3.8) is 0 Å². The number of anilines is 2. The summed E-state index contributed by atoms with van der Waals surface area (Å²) < 4.78 is 12.8. The van der Waals surface area contributed by atoms with Gasteiger partial charge in [0.15, 0.2) is 11.5 Å². The largest absolute Gasteiger partial charge is 0.490 e. The molecule has 0 spiro atoms. The second-order valence-electron chi connectivity index (χ2n) is 7.23. The van der Waals surface area contributed by atoms with E-state index in [4.69, 9.17) is 9.47 Å². The molecule has 0 unspecified atom stereocenters. The van der Waals surface area contributed by atoms with Crippen LogP contribution in [0, 0.1) is 6.92 Å². The average Bonchev–Trinajstić information content (AvgIpc) is 2.72. The molecule has 0 fully saturated rings. The number of nitrogens with one attached hydrogen (secondary N) is 2. The Hall–Kier alpha value is -2.99. The minimum absolute atomic E-state index is 0.0845. The molecule has 3 aromatic carbocycles. The van der Waals surface area contributed by atoms with E-state index in [-0.39, 0.29) is 5.91 Å². The van der Waals surface area contributed by atoms with Crippen molar-refractivity contribution in [3.05, 3.63) is 81.8 Å². The second-order valence-corrected chi connectivity index (χ2v) is 8.08. The van der Waals surface area contributed by atoms with Crippen molar-refractivity contribution in [3.8, 4) is 11.5 Å². The van der Waals surface area contributed by atoms with E-state index in [0.29, 0.717) is 31.3 Å². The van der Waals surface area contributed by atoms with Gasteiger partial charge < -0.3 is 20.1 Å². The maximum atomic E-state index is 11.1. The Balaban J connectivity index is 1.69. The fourth-order valence-corrected chi connectivity index (χ4v) is 3.77. The van der Waals surface area contributed by atoms with Gasteiger partial charge in [0.1, 0.15) is 6.61 Å². The zero-order chi connectivity index (χ0) is 22.2. The van der Waals surface area contributed by atoms with Crippen LogP contribution in [-0.2, 0) is 17.9 Å². The van der Waals surface area contributed by atoms with Gasteiger partial charge in [-0.2, -0.15) is 0 Å². The number of carbonyl (C=O) groups excluding carboxylic acids is 1. The average molecular weight is 483 g/mol. The van der Waals surface area contributed by atoms with Crippen LogP contribution >= 0.6 is 15.9 Å². The van der Waals surface area contributed by atoms with Gasteiger partial charge in [-0.3, -0.25) is 4.79 Å². The molecule has 162 valence electrons.